The third-order valence-corrected chi connectivity index (χ3v) is 8.68. The van der Waals surface area contributed by atoms with E-state index >= 15 is 0 Å². The zero-order chi connectivity index (χ0) is 29.7. The molecule has 3 N–H and O–H groups in total. The number of piperidine rings is 1. The first-order valence-corrected chi connectivity index (χ1v) is 15.1. The van der Waals surface area contributed by atoms with Crippen molar-refractivity contribution < 1.29 is 19.1 Å². The van der Waals surface area contributed by atoms with Crippen molar-refractivity contribution in [2.45, 2.75) is 83.5 Å². The van der Waals surface area contributed by atoms with E-state index < -0.39 is 0 Å². The van der Waals surface area contributed by atoms with Crippen molar-refractivity contribution in [1.82, 2.24) is 10.2 Å². The summed E-state index contributed by atoms with van der Waals surface area (Å²) in [7, 11) is 2.17. The van der Waals surface area contributed by atoms with Crippen LogP contribution in [0.1, 0.15) is 74.7 Å². The van der Waals surface area contributed by atoms with Gasteiger partial charge in [0.2, 0.25) is 0 Å². The zero-order valence-corrected chi connectivity index (χ0v) is 25.0. The number of aryl methyl sites for hydroxylation is 1. The maximum Gasteiger partial charge on any atom is 0.319 e. The largest absolute Gasteiger partial charge is 0.473 e. The first-order chi connectivity index (χ1) is 20.3. The van der Waals surface area contributed by atoms with Gasteiger partial charge in [-0.25, -0.2) is 4.79 Å². The van der Waals surface area contributed by atoms with Gasteiger partial charge in [-0.1, -0.05) is 13.8 Å². The van der Waals surface area contributed by atoms with Crippen molar-refractivity contribution in [1.29, 1.82) is 0 Å². The number of rotatable bonds is 10. The van der Waals surface area contributed by atoms with Crippen LogP contribution < -0.4 is 25.4 Å². The third-order valence-electron chi connectivity index (χ3n) is 8.68. The molecule has 3 aromatic rings. The molecule has 0 saturated carbocycles. The number of hydrogen-bond acceptors (Lipinski definition) is 5. The standard InChI is InChI=1S/C34H42N4O4/c1-5-25(6-2)36-33(40)37-27-13-18-31(23(3)22-27)41-29-16-11-26(12-17-29)35-32(39)24-9-14-30(15-10-24)42-34-20-7-8-28(19-21-34)38(34)4/h9-18,22,25,28H,5-8,19-21H2,1-4H3,(H,35,39)(H2,36,37,40). The summed E-state index contributed by atoms with van der Waals surface area (Å²) in [5, 5.41) is 8.81. The van der Waals surface area contributed by atoms with Gasteiger partial charge in [0.15, 0.2) is 5.72 Å². The van der Waals surface area contributed by atoms with Gasteiger partial charge in [-0.2, -0.15) is 0 Å². The van der Waals surface area contributed by atoms with E-state index in [-0.39, 0.29) is 23.7 Å². The Kier molecular flexibility index (Phi) is 9.02. The summed E-state index contributed by atoms with van der Waals surface area (Å²) in [5.74, 6) is 1.95. The number of carbonyl (C=O) groups is 2. The summed E-state index contributed by atoms with van der Waals surface area (Å²) in [6.07, 6.45) is 7.50. The lowest BCUT2D eigenvalue weighted by molar-refractivity contribution is -0.0823. The average molecular weight is 571 g/mol. The second-order valence-corrected chi connectivity index (χ2v) is 11.4. The Morgan fingerprint density at radius 2 is 1.60 bits per heavy atom. The van der Waals surface area contributed by atoms with Gasteiger partial charge in [-0.15, -0.1) is 0 Å². The number of nitrogens with one attached hydrogen (secondary N) is 3. The molecule has 2 aliphatic heterocycles. The minimum atomic E-state index is -0.211. The minimum Gasteiger partial charge on any atom is -0.473 e. The van der Waals surface area contributed by atoms with Crippen LogP contribution in [0.25, 0.3) is 0 Å². The van der Waals surface area contributed by atoms with Crippen LogP contribution in [-0.2, 0) is 0 Å². The number of fused-ring (bicyclic) bond motifs is 2. The van der Waals surface area contributed by atoms with Gasteiger partial charge >= 0.3 is 6.03 Å². The van der Waals surface area contributed by atoms with Gasteiger partial charge in [0, 0.05) is 41.9 Å². The summed E-state index contributed by atoms with van der Waals surface area (Å²) in [6, 6.07) is 20.7. The third kappa shape index (κ3) is 6.71. The number of anilines is 2. The average Bonchev–Trinajstić information content (AvgIpc) is 3.14. The molecule has 0 radical (unpaired) electrons. The van der Waals surface area contributed by atoms with E-state index in [4.69, 9.17) is 9.47 Å². The molecule has 5 rings (SSSR count). The van der Waals surface area contributed by atoms with E-state index in [1.807, 2.05) is 73.7 Å². The lowest BCUT2D eigenvalue weighted by atomic mass is 10.0. The van der Waals surface area contributed by atoms with Crippen LogP contribution in [0.15, 0.2) is 66.7 Å². The highest BCUT2D eigenvalue weighted by Crippen LogP contribution is 2.44. The van der Waals surface area contributed by atoms with Crippen molar-refractivity contribution in [2.75, 3.05) is 17.7 Å². The van der Waals surface area contributed by atoms with Crippen LogP contribution in [0, 0.1) is 6.92 Å². The Hall–Kier alpha value is -4.04. The Morgan fingerprint density at radius 3 is 2.29 bits per heavy atom. The van der Waals surface area contributed by atoms with Gasteiger partial charge in [0.1, 0.15) is 17.2 Å². The number of benzene rings is 3. The predicted octanol–water partition coefficient (Wildman–Crippen LogP) is 7.70. The smallest absolute Gasteiger partial charge is 0.319 e. The van der Waals surface area contributed by atoms with Crippen molar-refractivity contribution >= 4 is 23.3 Å². The Morgan fingerprint density at radius 1 is 0.905 bits per heavy atom. The second kappa shape index (κ2) is 12.9. The SMILES string of the molecule is CCC(CC)NC(=O)Nc1ccc(Oc2ccc(NC(=O)c3ccc(OC45CCCC(CC4)N5C)cc3)cc2)c(C)c1. The molecule has 2 atom stereocenters. The fourth-order valence-corrected chi connectivity index (χ4v) is 6.04. The quantitative estimate of drug-likeness (QED) is 0.232. The van der Waals surface area contributed by atoms with Crippen molar-refractivity contribution in [3.05, 3.63) is 77.9 Å². The molecule has 3 amide bonds. The first-order valence-electron chi connectivity index (χ1n) is 15.1. The summed E-state index contributed by atoms with van der Waals surface area (Å²) in [6.45, 7) is 6.04. The molecule has 3 aromatic carbocycles. The highest BCUT2D eigenvalue weighted by atomic mass is 16.5. The van der Waals surface area contributed by atoms with E-state index in [0.29, 0.717) is 34.5 Å². The molecule has 42 heavy (non-hydrogen) atoms. The molecule has 222 valence electrons. The summed E-state index contributed by atoms with van der Waals surface area (Å²) in [5.41, 5.74) is 2.63. The highest BCUT2D eigenvalue weighted by Gasteiger charge is 2.48. The monoisotopic (exact) mass is 570 g/mol. The van der Waals surface area contributed by atoms with Crippen molar-refractivity contribution in [2.24, 2.45) is 0 Å². The molecule has 0 spiro atoms. The van der Waals surface area contributed by atoms with Crippen LogP contribution in [0.4, 0.5) is 16.2 Å². The molecule has 2 saturated heterocycles. The van der Waals surface area contributed by atoms with Gasteiger partial charge in [-0.05, 0) is 118 Å². The number of amides is 3. The molecule has 2 heterocycles. The molecule has 0 aliphatic carbocycles. The molecule has 2 fully saturated rings. The zero-order valence-electron chi connectivity index (χ0n) is 25.0. The topological polar surface area (TPSA) is 91.9 Å². The van der Waals surface area contributed by atoms with Crippen molar-refractivity contribution in [3.8, 4) is 17.2 Å². The summed E-state index contributed by atoms with van der Waals surface area (Å²) >= 11 is 0. The lowest BCUT2D eigenvalue weighted by Gasteiger charge is -2.42. The molecule has 0 aromatic heterocycles. The molecule has 8 nitrogen and oxygen atoms in total. The van der Waals surface area contributed by atoms with E-state index in [0.717, 1.165) is 37.0 Å². The maximum atomic E-state index is 12.9. The molecular formula is C34H42N4O4. The van der Waals surface area contributed by atoms with E-state index in [1.165, 1.54) is 19.3 Å². The fraction of sp³-hybridized carbons (Fsp3) is 0.412. The van der Waals surface area contributed by atoms with Crippen LogP contribution >= 0.6 is 0 Å². The van der Waals surface area contributed by atoms with E-state index in [2.05, 4.69) is 41.7 Å². The van der Waals surface area contributed by atoms with Gasteiger partial charge in [0.05, 0.1) is 0 Å². The lowest BCUT2D eigenvalue weighted by Crippen LogP contribution is -2.51. The number of ether oxygens (including phenoxy) is 2. The molecule has 8 heteroatoms. The summed E-state index contributed by atoms with van der Waals surface area (Å²) < 4.78 is 12.5. The number of urea groups is 1. The van der Waals surface area contributed by atoms with E-state index in [9.17, 15) is 9.59 Å². The molecule has 2 aliphatic rings. The number of nitrogens with zero attached hydrogens (tertiary/aromatic N) is 1. The van der Waals surface area contributed by atoms with Gasteiger partial charge in [-0.3, -0.25) is 9.69 Å². The predicted molar refractivity (Wildman–Crippen MR) is 167 cm³/mol. The fourth-order valence-electron chi connectivity index (χ4n) is 6.04. The van der Waals surface area contributed by atoms with Gasteiger partial charge in [0.25, 0.3) is 5.91 Å². The minimum absolute atomic E-state index is 0.157. The van der Waals surface area contributed by atoms with E-state index in [1.54, 1.807) is 0 Å². The summed E-state index contributed by atoms with van der Waals surface area (Å²) in [4.78, 5) is 27.5. The Labute approximate surface area is 248 Å². The first kappa shape index (κ1) is 29.5. The number of carbonyl (C=O) groups excluding carboxylic acids is 2. The Bertz CT molecular complexity index is 1380. The van der Waals surface area contributed by atoms with Crippen LogP contribution in [0.5, 0.6) is 17.2 Å². The molecular weight excluding hydrogens is 528 g/mol. The van der Waals surface area contributed by atoms with Crippen LogP contribution in [0.3, 0.4) is 0 Å². The normalized spacial score (nSPS) is 19.8. The van der Waals surface area contributed by atoms with Crippen molar-refractivity contribution in [3.63, 3.8) is 0 Å². The van der Waals surface area contributed by atoms with Crippen LogP contribution in [-0.4, -0.2) is 41.7 Å². The maximum absolute atomic E-state index is 12.9. The highest BCUT2D eigenvalue weighted by molar-refractivity contribution is 6.04. The second-order valence-electron chi connectivity index (χ2n) is 11.4. The van der Waals surface area contributed by atoms with Crippen LogP contribution in [0.2, 0.25) is 0 Å². The number of hydrogen-bond donors (Lipinski definition) is 3. The molecule has 2 unspecified atom stereocenters. The molecule has 2 bridgehead atoms. The Balaban J connectivity index is 1.14. The van der Waals surface area contributed by atoms with Gasteiger partial charge < -0.3 is 25.4 Å².